The SMILES string of the molecule is CC1(C)C=C(c2cccnc2)c2cc(Br)ccc2OC1. The van der Waals surface area contributed by atoms with Gasteiger partial charge in [-0.2, -0.15) is 0 Å². The van der Waals surface area contributed by atoms with Crippen LogP contribution in [0.1, 0.15) is 25.0 Å². The van der Waals surface area contributed by atoms with Crippen LogP contribution in [0.5, 0.6) is 5.75 Å². The second-order valence-electron chi connectivity index (χ2n) is 5.72. The van der Waals surface area contributed by atoms with Gasteiger partial charge < -0.3 is 4.74 Å². The predicted molar refractivity (Wildman–Crippen MR) is 84.7 cm³/mol. The number of halogens is 1. The second-order valence-corrected chi connectivity index (χ2v) is 6.63. The molecule has 2 heterocycles. The minimum atomic E-state index is -0.0172. The third-order valence-corrected chi connectivity index (χ3v) is 3.83. The van der Waals surface area contributed by atoms with Gasteiger partial charge in [-0.1, -0.05) is 41.9 Å². The molecule has 102 valence electrons. The van der Waals surface area contributed by atoms with Gasteiger partial charge in [-0.3, -0.25) is 4.98 Å². The maximum Gasteiger partial charge on any atom is 0.127 e. The molecule has 3 rings (SSSR count). The van der Waals surface area contributed by atoms with Gasteiger partial charge in [0.15, 0.2) is 0 Å². The molecule has 0 aliphatic carbocycles. The molecule has 0 fully saturated rings. The Morgan fingerprint density at radius 2 is 2.10 bits per heavy atom. The third-order valence-electron chi connectivity index (χ3n) is 3.34. The summed E-state index contributed by atoms with van der Waals surface area (Å²) < 4.78 is 7.03. The third kappa shape index (κ3) is 2.63. The van der Waals surface area contributed by atoms with Crippen molar-refractivity contribution in [2.24, 2.45) is 5.41 Å². The van der Waals surface area contributed by atoms with Gasteiger partial charge >= 0.3 is 0 Å². The maximum atomic E-state index is 5.98. The average molecular weight is 330 g/mol. The Morgan fingerprint density at radius 3 is 2.85 bits per heavy atom. The number of rotatable bonds is 1. The predicted octanol–water partition coefficient (Wildman–Crippen LogP) is 4.69. The fourth-order valence-electron chi connectivity index (χ4n) is 2.37. The van der Waals surface area contributed by atoms with Crippen molar-refractivity contribution in [3.05, 3.63) is 64.4 Å². The van der Waals surface area contributed by atoms with Gasteiger partial charge in [0.25, 0.3) is 0 Å². The Balaban J connectivity index is 2.23. The molecule has 2 nitrogen and oxygen atoms in total. The molecule has 3 heteroatoms. The zero-order chi connectivity index (χ0) is 14.2. The van der Waals surface area contributed by atoms with Crippen LogP contribution in [-0.2, 0) is 0 Å². The number of hydrogen-bond acceptors (Lipinski definition) is 2. The van der Waals surface area contributed by atoms with Crippen LogP contribution in [0, 0.1) is 5.41 Å². The number of ether oxygens (including phenoxy) is 1. The van der Waals surface area contributed by atoms with Crippen LogP contribution in [0.15, 0.2) is 53.3 Å². The Morgan fingerprint density at radius 1 is 1.25 bits per heavy atom. The Labute approximate surface area is 127 Å². The minimum Gasteiger partial charge on any atom is -0.492 e. The van der Waals surface area contributed by atoms with Gasteiger partial charge in [0.1, 0.15) is 5.75 Å². The molecule has 1 aliphatic rings. The summed E-state index contributed by atoms with van der Waals surface area (Å²) in [5, 5.41) is 0. The summed E-state index contributed by atoms with van der Waals surface area (Å²) in [6.45, 7) is 5.04. The summed E-state index contributed by atoms with van der Waals surface area (Å²) in [5.41, 5.74) is 3.39. The molecule has 0 saturated heterocycles. The maximum absolute atomic E-state index is 5.98. The second kappa shape index (κ2) is 5.06. The molecule has 0 atom stereocenters. The van der Waals surface area contributed by atoms with E-state index in [-0.39, 0.29) is 5.41 Å². The summed E-state index contributed by atoms with van der Waals surface area (Å²) in [5.74, 6) is 0.925. The lowest BCUT2D eigenvalue weighted by molar-refractivity contribution is 0.225. The van der Waals surface area contributed by atoms with E-state index in [0.717, 1.165) is 21.3 Å². The smallest absolute Gasteiger partial charge is 0.127 e. The Kier molecular flexibility index (Phi) is 3.38. The largest absolute Gasteiger partial charge is 0.492 e. The van der Waals surface area contributed by atoms with Crippen molar-refractivity contribution in [2.75, 3.05) is 6.61 Å². The van der Waals surface area contributed by atoms with E-state index in [1.807, 2.05) is 24.4 Å². The number of pyridine rings is 1. The Hall–Kier alpha value is -1.61. The van der Waals surface area contributed by atoms with E-state index >= 15 is 0 Å². The van der Waals surface area contributed by atoms with Crippen molar-refractivity contribution in [3.63, 3.8) is 0 Å². The highest BCUT2D eigenvalue weighted by Crippen LogP contribution is 2.39. The molecule has 0 unspecified atom stereocenters. The summed E-state index contributed by atoms with van der Waals surface area (Å²) in [6.07, 6.45) is 5.98. The Bertz CT molecular complexity index is 662. The van der Waals surface area contributed by atoms with E-state index in [2.05, 4.69) is 53.0 Å². The molecule has 0 saturated carbocycles. The first-order valence-corrected chi connectivity index (χ1v) is 7.40. The van der Waals surface area contributed by atoms with Gasteiger partial charge in [0, 0.05) is 33.4 Å². The van der Waals surface area contributed by atoms with E-state index in [0.29, 0.717) is 6.61 Å². The molecule has 0 spiro atoms. The zero-order valence-corrected chi connectivity index (χ0v) is 13.1. The van der Waals surface area contributed by atoms with Crippen molar-refractivity contribution < 1.29 is 4.74 Å². The highest BCUT2D eigenvalue weighted by atomic mass is 79.9. The minimum absolute atomic E-state index is 0.0172. The topological polar surface area (TPSA) is 22.1 Å². The molecule has 2 aromatic rings. The van der Waals surface area contributed by atoms with Crippen LogP contribution in [0.2, 0.25) is 0 Å². The van der Waals surface area contributed by atoms with Crippen LogP contribution in [-0.4, -0.2) is 11.6 Å². The fraction of sp³-hybridized carbons (Fsp3) is 0.235. The van der Waals surface area contributed by atoms with Crippen molar-refractivity contribution in [1.82, 2.24) is 4.98 Å². The lowest BCUT2D eigenvalue weighted by Gasteiger charge is -2.18. The lowest BCUT2D eigenvalue weighted by Crippen LogP contribution is -2.17. The standard InChI is InChI=1S/C17H16BrNO/c1-17(2)9-15(12-4-3-7-19-10-12)14-8-13(18)5-6-16(14)20-11-17/h3-10H,11H2,1-2H3. The first-order valence-electron chi connectivity index (χ1n) is 6.61. The number of aromatic nitrogens is 1. The van der Waals surface area contributed by atoms with Gasteiger partial charge in [-0.15, -0.1) is 0 Å². The van der Waals surface area contributed by atoms with Crippen molar-refractivity contribution >= 4 is 21.5 Å². The van der Waals surface area contributed by atoms with E-state index in [1.165, 1.54) is 5.57 Å². The summed E-state index contributed by atoms with van der Waals surface area (Å²) in [7, 11) is 0. The molecule has 1 aliphatic heterocycles. The molecule has 20 heavy (non-hydrogen) atoms. The van der Waals surface area contributed by atoms with Gasteiger partial charge in [0.05, 0.1) is 6.61 Å². The van der Waals surface area contributed by atoms with E-state index in [1.54, 1.807) is 6.20 Å². The molecular weight excluding hydrogens is 314 g/mol. The molecule has 0 bridgehead atoms. The number of hydrogen-bond donors (Lipinski definition) is 0. The van der Waals surface area contributed by atoms with Crippen molar-refractivity contribution in [2.45, 2.75) is 13.8 Å². The first-order chi connectivity index (χ1) is 9.55. The van der Waals surface area contributed by atoms with Crippen molar-refractivity contribution in [3.8, 4) is 5.75 Å². The number of benzene rings is 1. The lowest BCUT2D eigenvalue weighted by atomic mass is 9.88. The van der Waals surface area contributed by atoms with Gasteiger partial charge in [0.2, 0.25) is 0 Å². The molecule has 0 N–H and O–H groups in total. The van der Waals surface area contributed by atoms with Crippen LogP contribution in [0.4, 0.5) is 0 Å². The quantitative estimate of drug-likeness (QED) is 0.756. The molecule has 0 radical (unpaired) electrons. The first kappa shape index (κ1) is 13.4. The van der Waals surface area contributed by atoms with Crippen LogP contribution >= 0.6 is 15.9 Å². The molecular formula is C17H16BrNO. The van der Waals surface area contributed by atoms with Crippen LogP contribution in [0.25, 0.3) is 5.57 Å². The monoisotopic (exact) mass is 329 g/mol. The van der Waals surface area contributed by atoms with E-state index in [4.69, 9.17) is 4.74 Å². The highest BCUT2D eigenvalue weighted by Gasteiger charge is 2.24. The summed E-state index contributed by atoms with van der Waals surface area (Å²) in [6, 6.07) is 10.2. The molecule has 1 aromatic carbocycles. The molecule has 1 aromatic heterocycles. The van der Waals surface area contributed by atoms with Gasteiger partial charge in [-0.05, 0) is 29.8 Å². The average Bonchev–Trinajstić information content (AvgIpc) is 2.57. The number of fused-ring (bicyclic) bond motifs is 1. The zero-order valence-electron chi connectivity index (χ0n) is 11.6. The van der Waals surface area contributed by atoms with E-state index < -0.39 is 0 Å². The highest BCUT2D eigenvalue weighted by molar-refractivity contribution is 9.10. The van der Waals surface area contributed by atoms with E-state index in [9.17, 15) is 0 Å². The summed E-state index contributed by atoms with van der Waals surface area (Å²) in [4.78, 5) is 4.24. The fourth-order valence-corrected chi connectivity index (χ4v) is 2.73. The van der Waals surface area contributed by atoms with Crippen LogP contribution in [0.3, 0.4) is 0 Å². The summed E-state index contributed by atoms with van der Waals surface area (Å²) >= 11 is 3.55. The number of nitrogens with zero attached hydrogens (tertiary/aromatic N) is 1. The normalized spacial score (nSPS) is 16.6. The molecule has 0 amide bonds. The van der Waals surface area contributed by atoms with Crippen LogP contribution < -0.4 is 4.74 Å². The van der Waals surface area contributed by atoms with Crippen molar-refractivity contribution in [1.29, 1.82) is 0 Å². The van der Waals surface area contributed by atoms with Gasteiger partial charge in [-0.25, -0.2) is 0 Å².